The van der Waals surface area contributed by atoms with Gasteiger partial charge < -0.3 is 19.7 Å². The molecule has 4 aliphatic carbocycles. The Hall–Kier alpha value is -1.73. The maximum atomic E-state index is 13.2. The van der Waals surface area contributed by atoms with Gasteiger partial charge >= 0.3 is 11.9 Å². The molecule has 0 aromatic carbocycles. The first-order valence-corrected chi connectivity index (χ1v) is 12.0. The third kappa shape index (κ3) is 2.64. The fourth-order valence-corrected chi connectivity index (χ4v) is 8.32. The lowest BCUT2D eigenvalue weighted by atomic mass is 9.43. The van der Waals surface area contributed by atoms with E-state index < -0.39 is 28.5 Å². The van der Waals surface area contributed by atoms with Crippen molar-refractivity contribution in [2.75, 3.05) is 6.61 Å². The van der Waals surface area contributed by atoms with Gasteiger partial charge in [0.25, 0.3) is 0 Å². The van der Waals surface area contributed by atoms with Crippen molar-refractivity contribution in [1.29, 1.82) is 0 Å². The number of carboxylic acid groups (broad SMARTS) is 1. The van der Waals surface area contributed by atoms with E-state index in [1.54, 1.807) is 13.0 Å². The van der Waals surface area contributed by atoms with Crippen molar-refractivity contribution < 1.29 is 34.1 Å². The molecule has 1 heterocycles. The van der Waals surface area contributed by atoms with Crippen LogP contribution in [0, 0.1) is 28.6 Å². The number of ether oxygens (including phenoxy) is 2. The zero-order valence-electron chi connectivity index (χ0n) is 19.2. The Labute approximate surface area is 188 Å². The number of carboxylic acids is 1. The largest absolute Gasteiger partial charge is 0.481 e. The summed E-state index contributed by atoms with van der Waals surface area (Å²) in [5, 5.41) is 20.9. The summed E-state index contributed by atoms with van der Waals surface area (Å²) >= 11 is 0. The van der Waals surface area contributed by atoms with Crippen molar-refractivity contribution in [3.63, 3.8) is 0 Å². The van der Waals surface area contributed by atoms with Gasteiger partial charge in [0.1, 0.15) is 5.60 Å². The van der Waals surface area contributed by atoms with Gasteiger partial charge in [-0.1, -0.05) is 19.4 Å². The topological polar surface area (TPSA) is 113 Å². The molecular weight excluding hydrogens is 412 g/mol. The number of carbonyl (C=O) groups is 3. The van der Waals surface area contributed by atoms with E-state index in [0.29, 0.717) is 38.7 Å². The van der Waals surface area contributed by atoms with Gasteiger partial charge in [0.15, 0.2) is 5.78 Å². The lowest BCUT2D eigenvalue weighted by Crippen LogP contribution is -2.63. The Morgan fingerprint density at radius 3 is 2.72 bits per heavy atom. The van der Waals surface area contributed by atoms with Crippen molar-refractivity contribution >= 4 is 17.7 Å². The highest BCUT2D eigenvalue weighted by Gasteiger charge is 2.82. The van der Waals surface area contributed by atoms with Gasteiger partial charge in [-0.15, -0.1) is 0 Å². The van der Waals surface area contributed by atoms with Crippen LogP contribution in [-0.2, 0) is 23.9 Å². The highest BCUT2D eigenvalue weighted by Crippen LogP contribution is 2.77. The lowest BCUT2D eigenvalue weighted by Gasteiger charge is -2.58. The minimum absolute atomic E-state index is 0.0328. The Kier molecular flexibility index (Phi) is 4.75. The predicted molar refractivity (Wildman–Crippen MR) is 114 cm³/mol. The molecule has 3 saturated carbocycles. The first-order valence-electron chi connectivity index (χ1n) is 12.0. The SMILES string of the molecule is CCOC(=O)[C@@H]1CC2=CC(=O)CC[C@]2(C)[C@@]23O[C@@H]2C[C@@]2(C)[C@@H](CC[C@@]2(O)CCC(=O)O)[C@H]13. The third-order valence-corrected chi connectivity index (χ3v) is 10.0. The van der Waals surface area contributed by atoms with Crippen LogP contribution in [0.2, 0.25) is 0 Å². The molecule has 0 bridgehead atoms. The lowest BCUT2D eigenvalue weighted by molar-refractivity contribution is -0.165. The van der Waals surface area contributed by atoms with E-state index in [0.717, 1.165) is 12.0 Å². The van der Waals surface area contributed by atoms with Crippen LogP contribution in [0.25, 0.3) is 0 Å². The molecular formula is C25H34O7. The molecule has 0 aromatic heterocycles. The first kappa shape index (κ1) is 22.1. The molecule has 4 fully saturated rings. The highest BCUT2D eigenvalue weighted by molar-refractivity contribution is 5.92. The van der Waals surface area contributed by atoms with Crippen LogP contribution in [0.1, 0.15) is 72.1 Å². The zero-order chi connectivity index (χ0) is 23.1. The van der Waals surface area contributed by atoms with E-state index in [1.165, 1.54) is 0 Å². The molecule has 5 rings (SSSR count). The molecule has 7 heteroatoms. The Morgan fingerprint density at radius 2 is 2.03 bits per heavy atom. The molecule has 0 aromatic rings. The van der Waals surface area contributed by atoms with Crippen molar-refractivity contribution in [3.8, 4) is 0 Å². The molecule has 0 amide bonds. The van der Waals surface area contributed by atoms with E-state index in [4.69, 9.17) is 9.47 Å². The van der Waals surface area contributed by atoms with Crippen molar-refractivity contribution in [2.24, 2.45) is 28.6 Å². The fraction of sp³-hybridized carbons (Fsp3) is 0.800. The van der Waals surface area contributed by atoms with Crippen LogP contribution in [0.3, 0.4) is 0 Å². The van der Waals surface area contributed by atoms with Crippen LogP contribution in [0.5, 0.6) is 0 Å². The Bertz CT molecular complexity index is 910. The van der Waals surface area contributed by atoms with Gasteiger partial charge in [-0.05, 0) is 57.4 Å². The summed E-state index contributed by atoms with van der Waals surface area (Å²) in [5.41, 5.74) is -1.43. The van der Waals surface area contributed by atoms with Crippen LogP contribution in [0.4, 0.5) is 0 Å². The minimum atomic E-state index is -1.09. The van der Waals surface area contributed by atoms with Gasteiger partial charge in [-0.2, -0.15) is 0 Å². The van der Waals surface area contributed by atoms with Crippen LogP contribution in [-0.4, -0.2) is 51.8 Å². The first-order chi connectivity index (χ1) is 15.0. The van der Waals surface area contributed by atoms with Gasteiger partial charge in [-0.3, -0.25) is 14.4 Å². The van der Waals surface area contributed by atoms with Crippen LogP contribution < -0.4 is 0 Å². The monoisotopic (exact) mass is 446 g/mol. The zero-order valence-corrected chi connectivity index (χ0v) is 19.2. The molecule has 2 N–H and O–H groups in total. The quantitative estimate of drug-likeness (QED) is 0.493. The van der Waals surface area contributed by atoms with Crippen molar-refractivity contribution in [3.05, 3.63) is 11.6 Å². The second kappa shape index (κ2) is 6.89. The molecule has 8 atom stereocenters. The molecule has 5 aliphatic rings. The summed E-state index contributed by atoms with van der Waals surface area (Å²) in [6.07, 6.45) is 5.38. The summed E-state index contributed by atoms with van der Waals surface area (Å²) in [6.45, 7) is 6.34. The third-order valence-electron chi connectivity index (χ3n) is 10.0. The number of hydrogen-bond acceptors (Lipinski definition) is 6. The number of hydrogen-bond donors (Lipinski definition) is 2. The number of rotatable bonds is 5. The Balaban J connectivity index is 1.59. The van der Waals surface area contributed by atoms with Gasteiger partial charge in [0.05, 0.1) is 24.2 Å². The van der Waals surface area contributed by atoms with E-state index in [1.807, 2.05) is 0 Å². The van der Waals surface area contributed by atoms with E-state index in [-0.39, 0.29) is 47.9 Å². The molecule has 0 unspecified atom stereocenters. The molecule has 1 aliphatic heterocycles. The number of esters is 1. The molecule has 7 nitrogen and oxygen atoms in total. The van der Waals surface area contributed by atoms with E-state index in [9.17, 15) is 24.6 Å². The maximum absolute atomic E-state index is 13.2. The number of epoxide rings is 1. The summed E-state index contributed by atoms with van der Waals surface area (Å²) in [5.74, 6) is -1.55. The Morgan fingerprint density at radius 1 is 1.28 bits per heavy atom. The van der Waals surface area contributed by atoms with Crippen LogP contribution >= 0.6 is 0 Å². The van der Waals surface area contributed by atoms with Crippen molar-refractivity contribution in [1.82, 2.24) is 0 Å². The molecule has 1 spiro atoms. The van der Waals surface area contributed by atoms with Crippen molar-refractivity contribution in [2.45, 2.75) is 89.4 Å². The predicted octanol–water partition coefficient (Wildman–Crippen LogP) is 3.03. The van der Waals surface area contributed by atoms with E-state index >= 15 is 0 Å². The normalized spacial score (nSPS) is 48.6. The fourth-order valence-electron chi connectivity index (χ4n) is 8.32. The number of ketones is 1. The van der Waals surface area contributed by atoms with Gasteiger partial charge in [0, 0.05) is 29.6 Å². The second-order valence-corrected chi connectivity index (χ2v) is 11.1. The smallest absolute Gasteiger partial charge is 0.309 e. The summed E-state index contributed by atoms with van der Waals surface area (Å²) in [7, 11) is 0. The average molecular weight is 447 g/mol. The van der Waals surface area contributed by atoms with Crippen LogP contribution in [0.15, 0.2) is 11.6 Å². The maximum Gasteiger partial charge on any atom is 0.309 e. The number of aliphatic carboxylic acids is 1. The molecule has 1 saturated heterocycles. The van der Waals surface area contributed by atoms with Gasteiger partial charge in [0.2, 0.25) is 0 Å². The molecule has 176 valence electrons. The number of aliphatic hydroxyl groups is 1. The summed E-state index contributed by atoms with van der Waals surface area (Å²) < 4.78 is 12.1. The highest BCUT2D eigenvalue weighted by atomic mass is 16.6. The molecule has 0 radical (unpaired) electrons. The average Bonchev–Trinajstić information content (AvgIpc) is 3.39. The molecule has 32 heavy (non-hydrogen) atoms. The second-order valence-electron chi connectivity index (χ2n) is 11.1. The number of carbonyl (C=O) groups excluding carboxylic acids is 2. The minimum Gasteiger partial charge on any atom is -0.481 e. The van der Waals surface area contributed by atoms with E-state index in [2.05, 4.69) is 13.8 Å². The summed E-state index contributed by atoms with van der Waals surface area (Å²) in [4.78, 5) is 36.8. The number of fused-ring (bicyclic) bond motifs is 3. The van der Waals surface area contributed by atoms with Gasteiger partial charge in [-0.25, -0.2) is 0 Å². The summed E-state index contributed by atoms with van der Waals surface area (Å²) in [6, 6.07) is 0. The standard InChI is InChI=1S/C25H34O7/c1-4-31-21(29)16-12-14-11-15(26)5-8-22(14,2)25-18(32-25)13-23(3)17(20(16)25)6-9-24(23,30)10-7-19(27)28/h11,16-18,20,30H,4-10,12-13H2,1-3H3,(H,27,28)/t16-,17+,18-,20+,22+,23+,24-,25-/m1/s1.